The van der Waals surface area contributed by atoms with Crippen molar-refractivity contribution >= 4 is 10.1 Å². The minimum Gasteiger partial charge on any atom is -0.748 e. The molecule has 0 bridgehead atoms. The largest absolute Gasteiger partial charge is 1.00 e. The minimum atomic E-state index is -4.30. The van der Waals surface area contributed by atoms with Crippen molar-refractivity contribution in [1.82, 2.24) is 0 Å². The minimum absolute atomic E-state index is 0. The Morgan fingerprint density at radius 3 is 1.17 bits per heavy atom. The van der Waals surface area contributed by atoms with Crippen molar-refractivity contribution in [3.8, 4) is 0 Å². The van der Waals surface area contributed by atoms with Crippen molar-refractivity contribution in [2.75, 3.05) is 5.75 Å². The molecule has 0 saturated carbocycles. The zero-order valence-electron chi connectivity index (χ0n) is 19.5. The van der Waals surface area contributed by atoms with Gasteiger partial charge in [0.2, 0.25) is 0 Å². The molecule has 0 aliphatic rings. The Bertz CT molecular complexity index is 415. The Labute approximate surface area is 224 Å². The molecule has 6 heteroatoms. The fourth-order valence-corrected chi connectivity index (χ4v) is 4.42. The molecule has 0 saturated heterocycles. The van der Waals surface area contributed by atoms with E-state index in [2.05, 4.69) is 6.92 Å². The molecule has 0 rings (SSSR count). The number of aliphatic hydroxyl groups is 1. The maximum absolute atomic E-state index is 10.5. The van der Waals surface area contributed by atoms with Gasteiger partial charge in [0.05, 0.1) is 22.0 Å². The third-order valence-electron chi connectivity index (χ3n) is 5.54. The van der Waals surface area contributed by atoms with Crippen molar-refractivity contribution in [2.24, 2.45) is 0 Å². The van der Waals surface area contributed by atoms with E-state index in [4.69, 9.17) is 0 Å². The number of hydrogen-bond acceptors (Lipinski definition) is 4. The summed E-state index contributed by atoms with van der Waals surface area (Å²) in [5.41, 5.74) is 0. The summed E-state index contributed by atoms with van der Waals surface area (Å²) in [4.78, 5) is 0. The van der Waals surface area contributed by atoms with Crippen LogP contribution in [0.15, 0.2) is 0 Å². The van der Waals surface area contributed by atoms with Crippen LogP contribution in [-0.2, 0) is 10.1 Å². The molecule has 1 atom stereocenters. The molecule has 4 nitrogen and oxygen atoms in total. The predicted molar refractivity (Wildman–Crippen MR) is 119 cm³/mol. The fraction of sp³-hybridized carbons (Fsp3) is 1.00. The van der Waals surface area contributed by atoms with E-state index in [1.165, 1.54) is 103 Å². The van der Waals surface area contributed by atoms with Gasteiger partial charge in [-0.3, -0.25) is 0 Å². The number of aliphatic hydroxyl groups excluding tert-OH is 1. The monoisotopic (exact) mass is 458 g/mol. The summed E-state index contributed by atoms with van der Waals surface area (Å²) in [6.07, 6.45) is 24.4. The van der Waals surface area contributed by atoms with Gasteiger partial charge >= 0.3 is 51.4 Å². The molecule has 1 unspecified atom stereocenters. The fourth-order valence-electron chi connectivity index (χ4n) is 3.78. The number of rotatable bonds is 22. The molecule has 0 fully saturated rings. The van der Waals surface area contributed by atoms with Gasteiger partial charge in [-0.2, -0.15) is 0 Å². The van der Waals surface area contributed by atoms with Crippen LogP contribution in [0.25, 0.3) is 0 Å². The second-order valence-electron chi connectivity index (χ2n) is 8.53. The first kappa shape index (κ1) is 32.7. The van der Waals surface area contributed by atoms with Crippen LogP contribution in [0.1, 0.15) is 135 Å². The third-order valence-corrected chi connectivity index (χ3v) is 6.33. The molecular weight excluding hydrogens is 411 g/mol. The Morgan fingerprint density at radius 1 is 0.621 bits per heavy atom. The van der Waals surface area contributed by atoms with Gasteiger partial charge in [-0.05, 0) is 6.42 Å². The van der Waals surface area contributed by atoms with Gasteiger partial charge in [-0.1, -0.05) is 129 Å². The summed E-state index contributed by atoms with van der Waals surface area (Å²) < 4.78 is 31.6. The van der Waals surface area contributed by atoms with Gasteiger partial charge in [-0.15, -0.1) is 0 Å². The van der Waals surface area contributed by atoms with Crippen molar-refractivity contribution < 1.29 is 69.5 Å². The molecule has 170 valence electrons. The number of unbranched alkanes of at least 4 members (excludes halogenated alkanes) is 18. The van der Waals surface area contributed by atoms with Crippen LogP contribution in [0.4, 0.5) is 0 Å². The summed E-state index contributed by atoms with van der Waals surface area (Å²) in [5, 5.41) is 9.45. The molecule has 0 aliphatic heterocycles. The standard InChI is InChI=1S/C23H48O4S.K/c1-2-3-4-5-6-7-8-9-10-11-12-13-14-15-16-17-18-19-20-21-23(24)22-28(25,26)27;/h23-24H,2-22H2,1H3,(H,25,26,27);/q;+1/p-1. The van der Waals surface area contributed by atoms with Crippen molar-refractivity contribution in [3.63, 3.8) is 0 Å². The molecule has 0 aromatic carbocycles. The van der Waals surface area contributed by atoms with E-state index in [0.717, 1.165) is 19.3 Å². The van der Waals surface area contributed by atoms with Crippen LogP contribution in [0.3, 0.4) is 0 Å². The first-order valence-corrected chi connectivity index (χ1v) is 13.6. The van der Waals surface area contributed by atoms with E-state index in [1.54, 1.807) is 0 Å². The Hall–Kier alpha value is 1.51. The topological polar surface area (TPSA) is 77.4 Å². The molecule has 0 radical (unpaired) electrons. The van der Waals surface area contributed by atoms with E-state index in [1.807, 2.05) is 0 Å². The van der Waals surface area contributed by atoms with Crippen LogP contribution in [0.2, 0.25) is 0 Å². The summed E-state index contributed by atoms with van der Waals surface area (Å²) >= 11 is 0. The number of hydrogen-bond donors (Lipinski definition) is 1. The van der Waals surface area contributed by atoms with Crippen LogP contribution >= 0.6 is 0 Å². The summed E-state index contributed by atoms with van der Waals surface area (Å²) in [6, 6.07) is 0. The van der Waals surface area contributed by atoms with E-state index in [9.17, 15) is 18.1 Å². The Balaban J connectivity index is 0. The Kier molecular flexibility index (Phi) is 27.2. The average Bonchev–Trinajstić information content (AvgIpc) is 2.62. The zero-order chi connectivity index (χ0) is 20.9. The van der Waals surface area contributed by atoms with Crippen LogP contribution < -0.4 is 51.4 Å². The molecule has 0 heterocycles. The van der Waals surface area contributed by atoms with Gasteiger partial charge in [0.1, 0.15) is 0 Å². The van der Waals surface area contributed by atoms with Crippen molar-refractivity contribution in [2.45, 2.75) is 141 Å². The molecular formula is C23H47KO4S. The van der Waals surface area contributed by atoms with Crippen LogP contribution in [-0.4, -0.2) is 29.9 Å². The second kappa shape index (κ2) is 24.2. The quantitative estimate of drug-likeness (QED) is 0.152. The van der Waals surface area contributed by atoms with Crippen LogP contribution in [0, 0.1) is 0 Å². The molecule has 29 heavy (non-hydrogen) atoms. The Morgan fingerprint density at radius 2 is 0.897 bits per heavy atom. The molecule has 0 aromatic rings. The molecule has 0 aromatic heterocycles. The van der Waals surface area contributed by atoms with Crippen molar-refractivity contribution in [3.05, 3.63) is 0 Å². The zero-order valence-corrected chi connectivity index (χ0v) is 23.4. The van der Waals surface area contributed by atoms with Gasteiger partial charge < -0.3 is 9.66 Å². The summed E-state index contributed by atoms with van der Waals surface area (Å²) in [6.45, 7) is 2.27. The normalized spacial score (nSPS) is 12.7. The molecule has 0 aliphatic carbocycles. The summed E-state index contributed by atoms with van der Waals surface area (Å²) in [5.74, 6) is -0.647. The molecule has 0 spiro atoms. The third kappa shape index (κ3) is 29.5. The molecule has 1 N–H and O–H groups in total. The predicted octanol–water partition coefficient (Wildman–Crippen LogP) is 3.72. The van der Waals surface area contributed by atoms with Gasteiger partial charge in [0.25, 0.3) is 0 Å². The molecule has 0 amide bonds. The van der Waals surface area contributed by atoms with Crippen LogP contribution in [0.5, 0.6) is 0 Å². The second-order valence-corrected chi connectivity index (χ2v) is 9.98. The van der Waals surface area contributed by atoms with E-state index < -0.39 is 22.0 Å². The summed E-state index contributed by atoms with van der Waals surface area (Å²) in [7, 11) is -4.30. The van der Waals surface area contributed by atoms with E-state index in [0.29, 0.717) is 6.42 Å². The first-order chi connectivity index (χ1) is 13.5. The first-order valence-electron chi connectivity index (χ1n) is 12.1. The smallest absolute Gasteiger partial charge is 0.748 e. The van der Waals surface area contributed by atoms with Crippen molar-refractivity contribution in [1.29, 1.82) is 0 Å². The van der Waals surface area contributed by atoms with E-state index in [-0.39, 0.29) is 51.4 Å². The maximum Gasteiger partial charge on any atom is 1.00 e. The maximum atomic E-state index is 10.5. The van der Waals surface area contributed by atoms with Gasteiger partial charge in [0.15, 0.2) is 0 Å². The van der Waals surface area contributed by atoms with Gasteiger partial charge in [0, 0.05) is 0 Å². The SMILES string of the molecule is CCCCCCCCCCCCCCCCCCCCCC(O)CS(=O)(=O)[O-].[K+]. The van der Waals surface area contributed by atoms with E-state index >= 15 is 0 Å². The van der Waals surface area contributed by atoms with Gasteiger partial charge in [-0.25, -0.2) is 8.42 Å². The average molecular weight is 459 g/mol.